The molecule has 0 saturated carbocycles. The van der Waals surface area contributed by atoms with E-state index in [4.69, 9.17) is 16.9 Å². The van der Waals surface area contributed by atoms with Gasteiger partial charge in [0.15, 0.2) is 6.61 Å². The standard InChI is InChI=1S/C13H16N2O2/c1-2-8-15-13(16)10-17-12-5-3-4-11(9-12)6-7-14/h1,3-5,9H,6-8,10,14H2,(H,15,16). The quantitative estimate of drug-likeness (QED) is 0.694. The van der Waals surface area contributed by atoms with Crippen molar-refractivity contribution in [3.05, 3.63) is 29.8 Å². The highest BCUT2D eigenvalue weighted by molar-refractivity contribution is 5.77. The summed E-state index contributed by atoms with van der Waals surface area (Å²) in [5, 5.41) is 2.52. The van der Waals surface area contributed by atoms with Crippen molar-refractivity contribution in [1.29, 1.82) is 0 Å². The lowest BCUT2D eigenvalue weighted by atomic mass is 10.1. The van der Waals surface area contributed by atoms with E-state index in [9.17, 15) is 4.79 Å². The molecule has 1 aromatic rings. The number of terminal acetylenes is 1. The molecule has 0 aliphatic rings. The SMILES string of the molecule is C#CCNC(=O)COc1cccc(CCN)c1. The third-order valence-corrected chi connectivity index (χ3v) is 2.09. The van der Waals surface area contributed by atoms with E-state index in [-0.39, 0.29) is 19.1 Å². The monoisotopic (exact) mass is 232 g/mol. The predicted octanol–water partition coefficient (Wildman–Crippen LogP) is 0.316. The Kier molecular flexibility index (Phi) is 5.62. The Hall–Kier alpha value is -1.99. The molecule has 0 saturated heterocycles. The lowest BCUT2D eigenvalue weighted by Gasteiger charge is -2.07. The molecule has 0 atom stereocenters. The topological polar surface area (TPSA) is 64.3 Å². The van der Waals surface area contributed by atoms with Crippen molar-refractivity contribution in [3.8, 4) is 18.1 Å². The first-order valence-electron chi connectivity index (χ1n) is 5.38. The molecule has 0 fully saturated rings. The van der Waals surface area contributed by atoms with Gasteiger partial charge in [0.1, 0.15) is 5.75 Å². The van der Waals surface area contributed by atoms with E-state index in [1.165, 1.54) is 0 Å². The number of hydrogen-bond donors (Lipinski definition) is 2. The van der Waals surface area contributed by atoms with E-state index in [1.807, 2.05) is 18.2 Å². The van der Waals surface area contributed by atoms with Crippen LogP contribution in [-0.4, -0.2) is 25.6 Å². The number of nitrogens with two attached hydrogens (primary N) is 1. The van der Waals surface area contributed by atoms with E-state index in [1.54, 1.807) is 6.07 Å². The predicted molar refractivity (Wildman–Crippen MR) is 66.5 cm³/mol. The second-order valence-electron chi connectivity index (χ2n) is 3.46. The van der Waals surface area contributed by atoms with Gasteiger partial charge in [-0.3, -0.25) is 4.79 Å². The van der Waals surface area contributed by atoms with Crippen LogP contribution in [0.15, 0.2) is 24.3 Å². The highest BCUT2D eigenvalue weighted by Crippen LogP contribution is 2.13. The number of benzene rings is 1. The van der Waals surface area contributed by atoms with Crippen molar-refractivity contribution >= 4 is 5.91 Å². The molecule has 0 radical (unpaired) electrons. The van der Waals surface area contributed by atoms with Crippen molar-refractivity contribution in [3.63, 3.8) is 0 Å². The Morgan fingerprint density at radius 2 is 2.35 bits per heavy atom. The van der Waals surface area contributed by atoms with Crippen molar-refractivity contribution in [2.24, 2.45) is 5.73 Å². The molecule has 90 valence electrons. The second-order valence-corrected chi connectivity index (χ2v) is 3.46. The van der Waals surface area contributed by atoms with Crippen LogP contribution in [0.1, 0.15) is 5.56 Å². The molecule has 17 heavy (non-hydrogen) atoms. The van der Waals surface area contributed by atoms with Crippen LogP contribution in [0, 0.1) is 12.3 Å². The summed E-state index contributed by atoms with van der Waals surface area (Å²) in [6, 6.07) is 7.52. The number of hydrogen-bond acceptors (Lipinski definition) is 3. The Balaban J connectivity index is 2.43. The number of carbonyl (C=O) groups is 1. The first-order chi connectivity index (χ1) is 8.26. The maximum absolute atomic E-state index is 11.2. The zero-order chi connectivity index (χ0) is 12.5. The third kappa shape index (κ3) is 5.05. The van der Waals surface area contributed by atoms with Gasteiger partial charge in [-0.15, -0.1) is 6.42 Å². The summed E-state index contributed by atoms with van der Waals surface area (Å²) in [5.74, 6) is 2.75. The maximum Gasteiger partial charge on any atom is 0.258 e. The lowest BCUT2D eigenvalue weighted by molar-refractivity contribution is -0.122. The van der Waals surface area contributed by atoms with Gasteiger partial charge in [0.05, 0.1) is 6.54 Å². The zero-order valence-corrected chi connectivity index (χ0v) is 9.61. The zero-order valence-electron chi connectivity index (χ0n) is 9.61. The van der Waals surface area contributed by atoms with Gasteiger partial charge in [-0.2, -0.15) is 0 Å². The Labute approximate surface area is 101 Å². The summed E-state index contributed by atoms with van der Waals surface area (Å²) in [6.45, 7) is 0.773. The summed E-state index contributed by atoms with van der Waals surface area (Å²) >= 11 is 0. The summed E-state index contributed by atoms with van der Waals surface area (Å²) in [4.78, 5) is 11.2. The normalized spacial score (nSPS) is 9.41. The van der Waals surface area contributed by atoms with Crippen LogP contribution < -0.4 is 15.8 Å². The van der Waals surface area contributed by atoms with Gasteiger partial charge in [0.2, 0.25) is 0 Å². The van der Waals surface area contributed by atoms with Crippen LogP contribution in [0.3, 0.4) is 0 Å². The minimum absolute atomic E-state index is 0.0340. The minimum Gasteiger partial charge on any atom is -0.484 e. The molecule has 3 N–H and O–H groups in total. The molecular weight excluding hydrogens is 216 g/mol. The molecule has 0 aliphatic heterocycles. The number of nitrogens with one attached hydrogen (secondary N) is 1. The Bertz CT molecular complexity index is 410. The fourth-order valence-electron chi connectivity index (χ4n) is 1.31. The molecule has 0 aromatic heterocycles. The molecule has 1 rings (SSSR count). The maximum atomic E-state index is 11.2. The van der Waals surface area contributed by atoms with Crippen molar-refractivity contribution in [2.45, 2.75) is 6.42 Å². The first kappa shape index (κ1) is 13.1. The summed E-state index contributed by atoms with van der Waals surface area (Å²) < 4.78 is 5.33. The van der Waals surface area contributed by atoms with Gasteiger partial charge in [-0.25, -0.2) is 0 Å². The molecule has 0 heterocycles. The van der Waals surface area contributed by atoms with E-state index < -0.39 is 0 Å². The lowest BCUT2D eigenvalue weighted by Crippen LogP contribution is -2.29. The molecule has 4 nitrogen and oxygen atoms in total. The molecule has 0 aliphatic carbocycles. The second kappa shape index (κ2) is 7.31. The number of carbonyl (C=O) groups excluding carboxylic acids is 1. The minimum atomic E-state index is -0.229. The Morgan fingerprint density at radius 3 is 3.06 bits per heavy atom. The molecule has 0 spiro atoms. The Morgan fingerprint density at radius 1 is 1.53 bits per heavy atom. The summed E-state index contributed by atoms with van der Waals surface area (Å²) in [7, 11) is 0. The van der Waals surface area contributed by atoms with Gasteiger partial charge in [-0.05, 0) is 30.7 Å². The number of amides is 1. The fraction of sp³-hybridized carbons (Fsp3) is 0.308. The van der Waals surface area contributed by atoms with E-state index in [2.05, 4.69) is 11.2 Å². The number of rotatable bonds is 6. The van der Waals surface area contributed by atoms with E-state index in [0.717, 1.165) is 12.0 Å². The van der Waals surface area contributed by atoms with E-state index in [0.29, 0.717) is 12.3 Å². The van der Waals surface area contributed by atoms with Crippen molar-refractivity contribution in [2.75, 3.05) is 19.7 Å². The molecule has 0 bridgehead atoms. The summed E-state index contributed by atoms with van der Waals surface area (Å²) in [5.41, 5.74) is 6.56. The van der Waals surface area contributed by atoms with Crippen molar-refractivity contribution < 1.29 is 9.53 Å². The van der Waals surface area contributed by atoms with Crippen LogP contribution in [0.25, 0.3) is 0 Å². The van der Waals surface area contributed by atoms with Crippen LogP contribution in [0.4, 0.5) is 0 Å². The summed E-state index contributed by atoms with van der Waals surface area (Å²) in [6.07, 6.45) is 5.81. The molecular formula is C13H16N2O2. The molecule has 4 heteroatoms. The molecule has 0 unspecified atom stereocenters. The highest BCUT2D eigenvalue weighted by atomic mass is 16.5. The van der Waals surface area contributed by atoms with Gasteiger partial charge >= 0.3 is 0 Å². The van der Waals surface area contributed by atoms with Crippen molar-refractivity contribution in [1.82, 2.24) is 5.32 Å². The largest absolute Gasteiger partial charge is 0.484 e. The van der Waals surface area contributed by atoms with Crippen LogP contribution >= 0.6 is 0 Å². The fourth-order valence-corrected chi connectivity index (χ4v) is 1.31. The van der Waals surface area contributed by atoms with Crippen LogP contribution in [0.2, 0.25) is 0 Å². The number of ether oxygens (including phenoxy) is 1. The first-order valence-corrected chi connectivity index (χ1v) is 5.38. The average Bonchev–Trinajstić information content (AvgIpc) is 2.35. The smallest absolute Gasteiger partial charge is 0.258 e. The average molecular weight is 232 g/mol. The van der Waals surface area contributed by atoms with E-state index >= 15 is 0 Å². The van der Waals surface area contributed by atoms with Gasteiger partial charge in [-0.1, -0.05) is 18.1 Å². The van der Waals surface area contributed by atoms with Crippen LogP contribution in [-0.2, 0) is 11.2 Å². The van der Waals surface area contributed by atoms with Gasteiger partial charge in [0, 0.05) is 0 Å². The molecule has 1 amide bonds. The molecule has 1 aromatic carbocycles. The van der Waals surface area contributed by atoms with Gasteiger partial charge < -0.3 is 15.8 Å². The third-order valence-electron chi connectivity index (χ3n) is 2.09. The highest BCUT2D eigenvalue weighted by Gasteiger charge is 2.01. The van der Waals surface area contributed by atoms with Crippen LogP contribution in [0.5, 0.6) is 5.75 Å². The van der Waals surface area contributed by atoms with Gasteiger partial charge in [0.25, 0.3) is 5.91 Å².